The van der Waals surface area contributed by atoms with E-state index in [0.29, 0.717) is 22.9 Å². The molecule has 2 aromatic heterocycles. The third-order valence-electron chi connectivity index (χ3n) is 6.26. The van der Waals surface area contributed by atoms with Crippen molar-refractivity contribution in [3.63, 3.8) is 0 Å². The number of hydrogen-bond donors (Lipinski definition) is 1. The van der Waals surface area contributed by atoms with Gasteiger partial charge in [0.2, 0.25) is 5.95 Å². The van der Waals surface area contributed by atoms with Gasteiger partial charge in [0.25, 0.3) is 0 Å². The van der Waals surface area contributed by atoms with Crippen molar-refractivity contribution in [2.45, 2.75) is 19.8 Å². The molecule has 3 aromatic rings. The highest BCUT2D eigenvalue weighted by molar-refractivity contribution is 5.85. The van der Waals surface area contributed by atoms with E-state index in [4.69, 9.17) is 9.97 Å². The largest absolute Gasteiger partial charge is 0.369 e. The van der Waals surface area contributed by atoms with Gasteiger partial charge in [0.15, 0.2) is 17.0 Å². The maximum absolute atomic E-state index is 4.86. The Morgan fingerprint density at radius 2 is 1.68 bits per heavy atom. The third-order valence-corrected chi connectivity index (χ3v) is 6.26. The second-order valence-electron chi connectivity index (χ2n) is 8.76. The quantitative estimate of drug-likeness (QED) is 0.693. The Balaban J connectivity index is 1.40. The highest BCUT2D eigenvalue weighted by atomic mass is 15.3. The van der Waals surface area contributed by atoms with E-state index in [9.17, 15) is 0 Å². The normalized spacial score (nSPS) is 20.3. The van der Waals surface area contributed by atoms with E-state index >= 15 is 0 Å². The lowest BCUT2D eigenvalue weighted by atomic mass is 10.0. The van der Waals surface area contributed by atoms with E-state index in [2.05, 4.69) is 68.2 Å². The first-order chi connectivity index (χ1) is 15.2. The number of likely N-dealkylation sites (N-methyl/N-ethyl adjacent to an activating group) is 1. The van der Waals surface area contributed by atoms with Gasteiger partial charge in [0.1, 0.15) is 0 Å². The molecule has 2 saturated heterocycles. The number of aromatic nitrogens is 4. The van der Waals surface area contributed by atoms with Crippen molar-refractivity contribution in [3.05, 3.63) is 36.7 Å². The molecule has 4 heterocycles. The average molecular weight is 419 g/mol. The first-order valence-electron chi connectivity index (χ1n) is 11.2. The molecule has 162 valence electrons. The van der Waals surface area contributed by atoms with Crippen LogP contribution in [0.5, 0.6) is 0 Å². The maximum Gasteiger partial charge on any atom is 0.229 e. The van der Waals surface area contributed by atoms with Gasteiger partial charge in [-0.15, -0.1) is 0 Å². The van der Waals surface area contributed by atoms with Gasteiger partial charge in [-0.3, -0.25) is 0 Å². The highest BCUT2D eigenvalue weighted by Crippen LogP contribution is 2.27. The van der Waals surface area contributed by atoms with Crippen LogP contribution in [0.1, 0.15) is 19.8 Å². The zero-order valence-corrected chi connectivity index (χ0v) is 18.3. The molecule has 2 aliphatic heterocycles. The zero-order chi connectivity index (χ0) is 21.2. The maximum atomic E-state index is 4.86. The molecule has 0 bridgehead atoms. The molecule has 2 fully saturated rings. The molecular weight excluding hydrogens is 388 g/mol. The molecule has 1 atom stereocenters. The number of hydrogen-bond acceptors (Lipinski definition) is 8. The van der Waals surface area contributed by atoms with Gasteiger partial charge in [-0.1, -0.05) is 6.92 Å². The minimum atomic E-state index is 0.627. The van der Waals surface area contributed by atoms with Gasteiger partial charge < -0.3 is 20.0 Å². The minimum absolute atomic E-state index is 0.627. The van der Waals surface area contributed by atoms with Gasteiger partial charge >= 0.3 is 0 Å². The van der Waals surface area contributed by atoms with Crippen LogP contribution in [0.15, 0.2) is 36.7 Å². The van der Waals surface area contributed by atoms with Crippen molar-refractivity contribution < 1.29 is 0 Å². The molecule has 1 N–H and O–H groups in total. The van der Waals surface area contributed by atoms with E-state index in [-0.39, 0.29) is 0 Å². The van der Waals surface area contributed by atoms with Crippen LogP contribution in [0.4, 0.5) is 23.1 Å². The van der Waals surface area contributed by atoms with Gasteiger partial charge in [-0.05, 0) is 50.1 Å². The van der Waals surface area contributed by atoms with Gasteiger partial charge in [-0.2, -0.15) is 9.97 Å². The summed E-state index contributed by atoms with van der Waals surface area (Å²) in [6.07, 6.45) is 5.80. The number of benzene rings is 1. The van der Waals surface area contributed by atoms with Crippen LogP contribution >= 0.6 is 0 Å². The van der Waals surface area contributed by atoms with Gasteiger partial charge in [0.05, 0.1) is 0 Å². The van der Waals surface area contributed by atoms with Crippen molar-refractivity contribution in [3.8, 4) is 0 Å². The summed E-state index contributed by atoms with van der Waals surface area (Å²) < 4.78 is 0. The van der Waals surface area contributed by atoms with Crippen molar-refractivity contribution >= 4 is 34.3 Å². The summed E-state index contributed by atoms with van der Waals surface area (Å²) in [4.78, 5) is 25.6. The van der Waals surface area contributed by atoms with Crippen LogP contribution in [-0.2, 0) is 0 Å². The highest BCUT2D eigenvalue weighted by Gasteiger charge is 2.21. The van der Waals surface area contributed by atoms with Crippen molar-refractivity contribution in [1.82, 2.24) is 24.8 Å². The molecule has 0 saturated carbocycles. The summed E-state index contributed by atoms with van der Waals surface area (Å²) >= 11 is 0. The molecule has 0 aliphatic carbocycles. The fourth-order valence-corrected chi connectivity index (χ4v) is 4.41. The van der Waals surface area contributed by atoms with Crippen LogP contribution in [-0.4, -0.2) is 71.2 Å². The van der Waals surface area contributed by atoms with E-state index in [1.54, 1.807) is 12.4 Å². The molecule has 5 rings (SSSR count). The molecule has 8 heteroatoms. The van der Waals surface area contributed by atoms with Crippen molar-refractivity contribution in [2.75, 3.05) is 61.4 Å². The summed E-state index contributed by atoms with van der Waals surface area (Å²) in [5.41, 5.74) is 3.57. The predicted molar refractivity (Wildman–Crippen MR) is 125 cm³/mol. The zero-order valence-electron chi connectivity index (χ0n) is 18.3. The second-order valence-corrected chi connectivity index (χ2v) is 8.76. The topological polar surface area (TPSA) is 73.3 Å². The van der Waals surface area contributed by atoms with Crippen LogP contribution in [0.25, 0.3) is 11.2 Å². The first kappa shape index (κ1) is 19.9. The smallest absolute Gasteiger partial charge is 0.229 e. The lowest BCUT2D eigenvalue weighted by Gasteiger charge is -2.34. The number of piperidine rings is 1. The Morgan fingerprint density at radius 1 is 0.903 bits per heavy atom. The van der Waals surface area contributed by atoms with E-state index in [1.807, 2.05) is 0 Å². The molecule has 8 nitrogen and oxygen atoms in total. The number of nitrogens with zero attached hydrogens (tertiary/aromatic N) is 7. The fourth-order valence-electron chi connectivity index (χ4n) is 4.41. The summed E-state index contributed by atoms with van der Waals surface area (Å²) in [5, 5.41) is 3.47. The Kier molecular flexibility index (Phi) is 5.55. The number of nitrogens with one attached hydrogen (secondary N) is 1. The molecule has 0 spiro atoms. The van der Waals surface area contributed by atoms with Crippen LogP contribution < -0.4 is 15.1 Å². The Labute approximate surface area is 183 Å². The van der Waals surface area contributed by atoms with Crippen molar-refractivity contribution in [2.24, 2.45) is 5.92 Å². The SMILES string of the molecule is C[C@@H]1CCCN(c2nc(Nc3ccc(N4CCN(C)CC4)cc3)c3nccnc3n2)C1. The summed E-state index contributed by atoms with van der Waals surface area (Å²) in [6, 6.07) is 8.58. The number of rotatable bonds is 4. The molecule has 0 radical (unpaired) electrons. The first-order valence-corrected chi connectivity index (χ1v) is 11.2. The van der Waals surface area contributed by atoms with Crippen LogP contribution in [0, 0.1) is 5.92 Å². The molecule has 31 heavy (non-hydrogen) atoms. The van der Waals surface area contributed by atoms with Crippen molar-refractivity contribution in [1.29, 1.82) is 0 Å². The number of anilines is 4. The van der Waals surface area contributed by atoms with E-state index < -0.39 is 0 Å². The summed E-state index contributed by atoms with van der Waals surface area (Å²) in [5.74, 6) is 2.09. The number of fused-ring (bicyclic) bond motifs is 1. The monoisotopic (exact) mass is 418 g/mol. The van der Waals surface area contributed by atoms with E-state index in [1.165, 1.54) is 18.5 Å². The standard InChI is InChI=1S/C23H30N8/c1-17-4-3-11-31(16-17)23-27-21-20(24-9-10-25-21)22(28-23)26-18-5-7-19(8-6-18)30-14-12-29(2)13-15-30/h5-10,17H,3-4,11-16H2,1-2H3,(H,25,26,27,28)/t17-/m1/s1. The average Bonchev–Trinajstić information content (AvgIpc) is 2.80. The van der Waals surface area contributed by atoms with Gasteiger partial charge in [-0.25, -0.2) is 9.97 Å². The Hall–Kier alpha value is -3.00. The molecular formula is C23H30N8. The summed E-state index contributed by atoms with van der Waals surface area (Å²) in [6.45, 7) is 8.57. The third kappa shape index (κ3) is 4.39. The molecule has 0 amide bonds. The molecule has 1 aromatic carbocycles. The summed E-state index contributed by atoms with van der Waals surface area (Å²) in [7, 11) is 2.18. The Morgan fingerprint density at radius 3 is 2.45 bits per heavy atom. The van der Waals surface area contributed by atoms with Crippen LogP contribution in [0.3, 0.4) is 0 Å². The lowest BCUT2D eigenvalue weighted by molar-refractivity contribution is 0.313. The number of piperazine rings is 1. The minimum Gasteiger partial charge on any atom is -0.369 e. The predicted octanol–water partition coefficient (Wildman–Crippen LogP) is 3.15. The van der Waals surface area contributed by atoms with Gasteiger partial charge in [0, 0.05) is 63.0 Å². The Bertz CT molecular complexity index is 1030. The lowest BCUT2D eigenvalue weighted by Crippen LogP contribution is -2.44. The molecule has 0 unspecified atom stereocenters. The van der Waals surface area contributed by atoms with E-state index in [0.717, 1.165) is 50.9 Å². The van der Waals surface area contributed by atoms with Crippen LogP contribution in [0.2, 0.25) is 0 Å². The second kappa shape index (κ2) is 8.63. The fraction of sp³-hybridized carbons (Fsp3) is 0.478. The molecule has 2 aliphatic rings.